The summed E-state index contributed by atoms with van der Waals surface area (Å²) in [5.74, 6) is 0.311. The van der Waals surface area contributed by atoms with Crippen LogP contribution in [0.4, 0.5) is 0 Å². The minimum atomic E-state index is -0.709. The van der Waals surface area contributed by atoms with E-state index in [1.54, 1.807) is 12.1 Å². The lowest BCUT2D eigenvalue weighted by atomic mass is 9.80. The van der Waals surface area contributed by atoms with Crippen LogP contribution in [0.15, 0.2) is 30.3 Å². The molecule has 79 valence electrons. The van der Waals surface area contributed by atoms with Crippen LogP contribution in [0, 0.1) is 5.92 Å². The van der Waals surface area contributed by atoms with Gasteiger partial charge in [0.15, 0.2) is 0 Å². The summed E-state index contributed by atoms with van der Waals surface area (Å²) in [4.78, 5) is 11.5. The fraction of sp³-hybridized carbons (Fsp3) is 0.417. The van der Waals surface area contributed by atoms with Gasteiger partial charge in [0.2, 0.25) is 0 Å². The molecule has 1 aliphatic rings. The first-order valence-electron chi connectivity index (χ1n) is 5.25. The van der Waals surface area contributed by atoms with Crippen molar-refractivity contribution in [3.8, 4) is 5.75 Å². The third-order valence-corrected chi connectivity index (χ3v) is 2.84. The van der Waals surface area contributed by atoms with Crippen LogP contribution >= 0.6 is 0 Å². The molecule has 0 aliphatic heterocycles. The Hall–Kier alpha value is -1.35. The molecule has 1 atom stereocenters. The number of ether oxygens (including phenoxy) is 1. The maximum atomic E-state index is 11.5. The average molecular weight is 204 g/mol. The van der Waals surface area contributed by atoms with Gasteiger partial charge in [-0.15, -0.1) is 0 Å². The molecule has 0 bridgehead atoms. The van der Waals surface area contributed by atoms with Crippen molar-refractivity contribution >= 4 is 5.97 Å². The highest BCUT2D eigenvalue weighted by molar-refractivity contribution is 5.78. The molecule has 0 aromatic heterocycles. The minimum absolute atomic E-state index is 0.209. The van der Waals surface area contributed by atoms with E-state index in [9.17, 15) is 4.79 Å². The lowest BCUT2D eigenvalue weighted by Crippen LogP contribution is -2.37. The fourth-order valence-electron chi connectivity index (χ4n) is 1.63. The van der Waals surface area contributed by atoms with Crippen LogP contribution in [0.2, 0.25) is 0 Å². The zero-order valence-electron chi connectivity index (χ0n) is 8.48. The van der Waals surface area contributed by atoms with Gasteiger partial charge < -0.3 is 4.74 Å². The number of esters is 1. The lowest BCUT2D eigenvalue weighted by Gasteiger charge is -2.28. The largest absolute Gasteiger partial charge is 0.425 e. The molecule has 1 unspecified atom stereocenters. The Bertz CT molecular complexity index is 333. The second-order valence-corrected chi connectivity index (χ2v) is 3.90. The summed E-state index contributed by atoms with van der Waals surface area (Å²) in [6.45, 7) is 0. The summed E-state index contributed by atoms with van der Waals surface area (Å²) in [6, 6.07) is 8.23. The second-order valence-electron chi connectivity index (χ2n) is 3.90. The van der Waals surface area contributed by atoms with Crippen molar-refractivity contribution in [2.45, 2.75) is 25.3 Å². The van der Waals surface area contributed by atoms with Crippen LogP contribution in [0.1, 0.15) is 19.3 Å². The van der Waals surface area contributed by atoms with Gasteiger partial charge in [-0.2, -0.15) is 0 Å². The molecule has 3 heteroatoms. The number of carbonyl (C=O) groups is 1. The summed E-state index contributed by atoms with van der Waals surface area (Å²) in [6.07, 6.45) is 3.11. The van der Waals surface area contributed by atoms with E-state index in [2.05, 4.69) is 0 Å². The van der Waals surface area contributed by atoms with Crippen molar-refractivity contribution in [2.24, 2.45) is 5.92 Å². The summed E-state index contributed by atoms with van der Waals surface area (Å²) in [5.41, 5.74) is 7.71. The highest BCUT2D eigenvalue weighted by Gasteiger charge is 2.31. The maximum absolute atomic E-state index is 11.5. The summed E-state index contributed by atoms with van der Waals surface area (Å²) >= 11 is 0. The fourth-order valence-corrected chi connectivity index (χ4v) is 1.63. The number of nitrogens with one attached hydrogen (secondary N) is 1. The van der Waals surface area contributed by atoms with E-state index in [1.807, 2.05) is 18.2 Å². The Morgan fingerprint density at radius 2 is 2.00 bits per heavy atom. The van der Waals surface area contributed by atoms with Gasteiger partial charge in [0, 0.05) is 0 Å². The number of benzene rings is 1. The van der Waals surface area contributed by atoms with Gasteiger partial charge >= 0.3 is 5.97 Å². The Morgan fingerprint density at radius 3 is 2.53 bits per heavy atom. The number of rotatable bonds is 3. The quantitative estimate of drug-likeness (QED) is 0.558. The molecule has 1 N–H and O–H groups in total. The van der Waals surface area contributed by atoms with Crippen molar-refractivity contribution in [1.82, 2.24) is 5.73 Å². The molecular formula is C12H14NO2. The first kappa shape index (κ1) is 10.2. The molecule has 1 aromatic carbocycles. The molecular weight excluding hydrogens is 190 g/mol. The van der Waals surface area contributed by atoms with Crippen molar-refractivity contribution in [3.05, 3.63) is 30.3 Å². The van der Waals surface area contributed by atoms with Gasteiger partial charge in [0.25, 0.3) is 0 Å². The normalized spacial score (nSPS) is 17.9. The topological polar surface area (TPSA) is 50.1 Å². The Kier molecular flexibility index (Phi) is 3.02. The molecule has 1 saturated carbocycles. The molecule has 0 heterocycles. The first-order chi connectivity index (χ1) is 7.27. The van der Waals surface area contributed by atoms with E-state index < -0.39 is 12.0 Å². The molecule has 2 rings (SSSR count). The van der Waals surface area contributed by atoms with Crippen molar-refractivity contribution in [2.75, 3.05) is 0 Å². The standard InChI is InChI=1S/C12H14NO2/c13-11(9-5-4-6-9)12(14)15-10-7-2-1-3-8-10/h1-3,7-9,11,13H,4-6H2. The molecule has 1 aromatic rings. The van der Waals surface area contributed by atoms with Crippen molar-refractivity contribution < 1.29 is 9.53 Å². The van der Waals surface area contributed by atoms with Crippen LogP contribution in [0.5, 0.6) is 5.75 Å². The van der Waals surface area contributed by atoms with Crippen molar-refractivity contribution in [1.29, 1.82) is 0 Å². The van der Waals surface area contributed by atoms with E-state index >= 15 is 0 Å². The molecule has 0 amide bonds. The van der Waals surface area contributed by atoms with Gasteiger partial charge in [-0.25, -0.2) is 10.5 Å². The number of carbonyl (C=O) groups excluding carboxylic acids is 1. The van der Waals surface area contributed by atoms with Gasteiger partial charge in [-0.1, -0.05) is 24.6 Å². The second kappa shape index (κ2) is 4.45. The van der Waals surface area contributed by atoms with Gasteiger partial charge in [0.05, 0.1) is 0 Å². The van der Waals surface area contributed by atoms with Gasteiger partial charge in [0.1, 0.15) is 11.8 Å². The zero-order valence-corrected chi connectivity index (χ0v) is 8.48. The molecule has 0 saturated heterocycles. The van der Waals surface area contributed by atoms with Gasteiger partial charge in [-0.05, 0) is 30.9 Å². The number of para-hydroxylation sites is 1. The maximum Gasteiger partial charge on any atom is 0.330 e. The van der Waals surface area contributed by atoms with E-state index in [0.717, 1.165) is 19.3 Å². The van der Waals surface area contributed by atoms with Crippen LogP contribution in [0.3, 0.4) is 0 Å². The third kappa shape index (κ3) is 2.36. The smallest absolute Gasteiger partial charge is 0.330 e. The zero-order chi connectivity index (χ0) is 10.7. The number of hydrogen-bond donors (Lipinski definition) is 0. The SMILES string of the molecule is [NH]C(C(=O)Oc1ccccc1)C1CCC1. The van der Waals surface area contributed by atoms with E-state index in [1.165, 1.54) is 0 Å². The van der Waals surface area contributed by atoms with Crippen LogP contribution in [0.25, 0.3) is 0 Å². The van der Waals surface area contributed by atoms with Crippen LogP contribution in [-0.4, -0.2) is 12.0 Å². The average Bonchev–Trinajstić information content (AvgIpc) is 2.16. The van der Waals surface area contributed by atoms with Crippen LogP contribution < -0.4 is 10.5 Å². The molecule has 15 heavy (non-hydrogen) atoms. The monoisotopic (exact) mass is 204 g/mol. The van der Waals surface area contributed by atoms with Crippen molar-refractivity contribution in [3.63, 3.8) is 0 Å². The highest BCUT2D eigenvalue weighted by Crippen LogP contribution is 2.29. The van der Waals surface area contributed by atoms with E-state index in [-0.39, 0.29) is 5.92 Å². The summed E-state index contributed by atoms with van der Waals surface area (Å²) in [5, 5.41) is 0. The summed E-state index contributed by atoms with van der Waals surface area (Å²) < 4.78 is 5.11. The third-order valence-electron chi connectivity index (χ3n) is 2.84. The van der Waals surface area contributed by atoms with Crippen LogP contribution in [-0.2, 0) is 4.79 Å². The summed E-state index contributed by atoms with van der Waals surface area (Å²) in [7, 11) is 0. The molecule has 1 fully saturated rings. The Labute approximate surface area is 89.2 Å². The highest BCUT2D eigenvalue weighted by atomic mass is 16.5. The van der Waals surface area contributed by atoms with Gasteiger partial charge in [-0.3, -0.25) is 0 Å². The molecule has 1 radical (unpaired) electrons. The predicted octanol–water partition coefficient (Wildman–Crippen LogP) is 2.04. The van der Waals surface area contributed by atoms with E-state index in [4.69, 9.17) is 10.5 Å². The minimum Gasteiger partial charge on any atom is -0.425 e. The van der Waals surface area contributed by atoms with E-state index in [0.29, 0.717) is 5.75 Å². The Balaban J connectivity index is 1.91. The molecule has 0 spiro atoms. The molecule has 1 aliphatic carbocycles. The lowest BCUT2D eigenvalue weighted by molar-refractivity contribution is -0.138. The predicted molar refractivity (Wildman–Crippen MR) is 56.3 cm³/mol. The Morgan fingerprint density at radius 1 is 1.33 bits per heavy atom. The molecule has 3 nitrogen and oxygen atoms in total. The first-order valence-corrected chi connectivity index (χ1v) is 5.25. The number of hydrogen-bond acceptors (Lipinski definition) is 2.